The normalized spacial score (nSPS) is 22.1. The van der Waals surface area contributed by atoms with E-state index in [9.17, 15) is 18.0 Å². The molecule has 1 spiro atoms. The molecule has 2 aromatic rings. The summed E-state index contributed by atoms with van der Waals surface area (Å²) in [7, 11) is -3.45. The smallest absolute Gasteiger partial charge is 0.290 e. The average molecular weight is 444 g/mol. The van der Waals surface area contributed by atoms with Crippen molar-refractivity contribution in [3.63, 3.8) is 0 Å². The molecule has 1 aromatic heterocycles. The highest BCUT2D eigenvalue weighted by atomic mass is 32.2. The Morgan fingerprint density at radius 2 is 1.80 bits per heavy atom. The van der Waals surface area contributed by atoms with Gasteiger partial charge in [0.15, 0.2) is 5.82 Å². The molecular weight excluding hydrogens is 426 g/mol. The number of aromatic nitrogens is 2. The Bertz CT molecular complexity index is 1170. The Hall–Kier alpha value is -2.76. The molecule has 0 unspecified atom stereocenters. The number of nitrogens with one attached hydrogen (secondary N) is 1. The van der Waals surface area contributed by atoms with Gasteiger partial charge in [-0.3, -0.25) is 14.9 Å². The van der Waals surface area contributed by atoms with E-state index < -0.39 is 21.2 Å². The third-order valence-electron chi connectivity index (χ3n) is 5.34. The number of sulfonamides is 1. The van der Waals surface area contributed by atoms with Crippen LogP contribution in [0.4, 0.5) is 10.6 Å². The fraction of sp³-hybridized carbons (Fsp3) is 0.263. The number of carbonyl (C=O) groups excluding carboxylic acids is 2. The van der Waals surface area contributed by atoms with Crippen molar-refractivity contribution in [2.24, 2.45) is 5.41 Å². The molecule has 11 heteroatoms. The van der Waals surface area contributed by atoms with E-state index in [4.69, 9.17) is 0 Å². The zero-order chi connectivity index (χ0) is 20.9. The number of imide groups is 1. The first-order valence-corrected chi connectivity index (χ1v) is 11.5. The van der Waals surface area contributed by atoms with Crippen molar-refractivity contribution < 1.29 is 18.0 Å². The summed E-state index contributed by atoms with van der Waals surface area (Å²) >= 11 is 0.821. The minimum Gasteiger partial charge on any atom is -0.355 e. The summed E-state index contributed by atoms with van der Waals surface area (Å²) in [6, 6.07) is 10.2. The summed E-state index contributed by atoms with van der Waals surface area (Å²) in [4.78, 5) is 34.2. The van der Waals surface area contributed by atoms with E-state index in [2.05, 4.69) is 20.2 Å². The summed E-state index contributed by atoms with van der Waals surface area (Å²) in [6.07, 6.45) is 3.09. The lowest BCUT2D eigenvalue weighted by molar-refractivity contribution is -0.115. The molecule has 154 valence electrons. The number of amides is 2. The summed E-state index contributed by atoms with van der Waals surface area (Å²) in [5.41, 5.74) is -0.0565. The van der Waals surface area contributed by atoms with Crippen molar-refractivity contribution in [2.45, 2.75) is 4.90 Å². The van der Waals surface area contributed by atoms with Gasteiger partial charge in [-0.2, -0.15) is 4.31 Å². The number of rotatable bonds is 4. The van der Waals surface area contributed by atoms with Crippen molar-refractivity contribution in [1.29, 1.82) is 0 Å². The van der Waals surface area contributed by atoms with Gasteiger partial charge in [0.25, 0.3) is 11.1 Å². The standard InChI is InChI=1S/C19H17N5O4S2/c25-17-14(29-18(26)22-17)8-15-20-7-6-16(21-15)23-9-19(10-23)11-24(12-19)30(27,28)13-4-2-1-3-5-13/h1-8H,9-12H2,(H,22,25,26)/b14-8-. The maximum atomic E-state index is 12.7. The molecule has 5 rings (SSSR count). The second-order valence-electron chi connectivity index (χ2n) is 7.57. The maximum absolute atomic E-state index is 12.7. The molecule has 3 fully saturated rings. The lowest BCUT2D eigenvalue weighted by Gasteiger charge is -2.59. The van der Waals surface area contributed by atoms with Crippen LogP contribution in [0, 0.1) is 5.41 Å². The van der Waals surface area contributed by atoms with Gasteiger partial charge in [-0.1, -0.05) is 18.2 Å². The number of hydrogen-bond donors (Lipinski definition) is 1. The van der Waals surface area contributed by atoms with Gasteiger partial charge < -0.3 is 4.90 Å². The van der Waals surface area contributed by atoms with Crippen molar-refractivity contribution in [2.75, 3.05) is 31.1 Å². The number of benzene rings is 1. The van der Waals surface area contributed by atoms with Crippen LogP contribution in [0.15, 0.2) is 52.4 Å². The van der Waals surface area contributed by atoms with Crippen LogP contribution in [-0.2, 0) is 14.8 Å². The van der Waals surface area contributed by atoms with Gasteiger partial charge in [-0.25, -0.2) is 18.4 Å². The quantitative estimate of drug-likeness (QED) is 0.704. The third-order valence-corrected chi connectivity index (χ3v) is 7.96. The minimum atomic E-state index is -3.45. The van der Waals surface area contributed by atoms with Gasteiger partial charge in [0, 0.05) is 43.9 Å². The van der Waals surface area contributed by atoms with E-state index >= 15 is 0 Å². The van der Waals surface area contributed by atoms with Gasteiger partial charge in [0.1, 0.15) is 5.82 Å². The van der Waals surface area contributed by atoms with Crippen molar-refractivity contribution >= 4 is 44.8 Å². The molecule has 3 aliphatic rings. The Morgan fingerprint density at radius 3 is 2.47 bits per heavy atom. The van der Waals surface area contributed by atoms with Crippen LogP contribution in [0.1, 0.15) is 5.82 Å². The third kappa shape index (κ3) is 3.28. The fourth-order valence-electron chi connectivity index (χ4n) is 3.89. The number of carbonyl (C=O) groups is 2. The van der Waals surface area contributed by atoms with Gasteiger partial charge in [0.05, 0.1) is 9.80 Å². The molecule has 30 heavy (non-hydrogen) atoms. The summed E-state index contributed by atoms with van der Waals surface area (Å²) in [6.45, 7) is 2.38. The van der Waals surface area contributed by atoms with Crippen LogP contribution >= 0.6 is 11.8 Å². The molecule has 0 saturated carbocycles. The van der Waals surface area contributed by atoms with E-state index in [-0.39, 0.29) is 10.3 Å². The first-order chi connectivity index (χ1) is 14.3. The van der Waals surface area contributed by atoms with Crippen LogP contribution in [0.2, 0.25) is 0 Å². The molecule has 2 amide bonds. The molecule has 1 aromatic carbocycles. The molecule has 4 heterocycles. The highest BCUT2D eigenvalue weighted by Gasteiger charge is 2.55. The Kier molecular flexibility index (Phi) is 4.42. The lowest BCUT2D eigenvalue weighted by atomic mass is 9.74. The SMILES string of the molecule is O=C1NC(=O)/C(=C/c2nccc(N3CC4(C3)CN(S(=O)(=O)c3ccccc3)C4)n2)S1. The molecular formula is C19H17N5O4S2. The largest absolute Gasteiger partial charge is 0.355 e. The highest BCUT2D eigenvalue weighted by Crippen LogP contribution is 2.43. The van der Waals surface area contributed by atoms with Crippen molar-refractivity contribution in [3.8, 4) is 0 Å². The van der Waals surface area contributed by atoms with E-state index in [0.29, 0.717) is 42.7 Å². The predicted molar refractivity (Wildman–Crippen MR) is 111 cm³/mol. The van der Waals surface area contributed by atoms with Crippen LogP contribution in [0.5, 0.6) is 0 Å². The first-order valence-electron chi connectivity index (χ1n) is 9.23. The zero-order valence-corrected chi connectivity index (χ0v) is 17.3. The van der Waals surface area contributed by atoms with Crippen LogP contribution in [-0.4, -0.2) is 60.0 Å². The maximum Gasteiger partial charge on any atom is 0.290 e. The first kappa shape index (κ1) is 19.2. The number of hydrogen-bond acceptors (Lipinski definition) is 8. The van der Waals surface area contributed by atoms with Crippen LogP contribution < -0.4 is 10.2 Å². The van der Waals surface area contributed by atoms with Crippen LogP contribution in [0.25, 0.3) is 6.08 Å². The average Bonchev–Trinajstić information content (AvgIpc) is 2.97. The van der Waals surface area contributed by atoms with Gasteiger partial charge in [0.2, 0.25) is 10.0 Å². The monoisotopic (exact) mass is 443 g/mol. The topological polar surface area (TPSA) is 113 Å². The second-order valence-corrected chi connectivity index (χ2v) is 10.5. The fourth-order valence-corrected chi connectivity index (χ4v) is 6.22. The Balaban J connectivity index is 1.24. The van der Waals surface area contributed by atoms with Gasteiger partial charge in [-0.15, -0.1) is 0 Å². The Morgan fingerprint density at radius 1 is 1.07 bits per heavy atom. The van der Waals surface area contributed by atoms with E-state index in [1.807, 2.05) is 0 Å². The number of anilines is 1. The summed E-state index contributed by atoms with van der Waals surface area (Å²) in [5.74, 6) is 0.611. The number of nitrogens with zero attached hydrogens (tertiary/aromatic N) is 4. The van der Waals surface area contributed by atoms with Gasteiger partial charge in [-0.05, 0) is 30.0 Å². The minimum absolute atomic E-state index is 0.0565. The molecule has 1 N–H and O–H groups in total. The van der Waals surface area contributed by atoms with E-state index in [1.165, 1.54) is 10.4 Å². The van der Waals surface area contributed by atoms with Gasteiger partial charge >= 0.3 is 0 Å². The predicted octanol–water partition coefficient (Wildman–Crippen LogP) is 1.31. The molecule has 3 aliphatic heterocycles. The molecule has 0 aliphatic carbocycles. The lowest BCUT2D eigenvalue weighted by Crippen LogP contribution is -2.73. The van der Waals surface area contributed by atoms with Crippen LogP contribution in [0.3, 0.4) is 0 Å². The molecule has 0 bridgehead atoms. The number of thioether (sulfide) groups is 1. The second kappa shape index (κ2) is 6.89. The molecule has 9 nitrogen and oxygen atoms in total. The summed E-state index contributed by atoms with van der Waals surface area (Å²) < 4.78 is 26.9. The molecule has 0 radical (unpaired) electrons. The van der Waals surface area contributed by atoms with Crippen molar-refractivity contribution in [1.82, 2.24) is 19.6 Å². The highest BCUT2D eigenvalue weighted by molar-refractivity contribution is 8.18. The Labute approximate surface area is 177 Å². The zero-order valence-electron chi connectivity index (χ0n) is 15.7. The van der Waals surface area contributed by atoms with E-state index in [0.717, 1.165) is 11.8 Å². The van der Waals surface area contributed by atoms with Crippen molar-refractivity contribution in [3.05, 3.63) is 53.3 Å². The molecule has 0 atom stereocenters. The van der Waals surface area contributed by atoms with E-state index in [1.54, 1.807) is 42.6 Å². The summed E-state index contributed by atoms with van der Waals surface area (Å²) in [5, 5.41) is 1.79. The molecule has 3 saturated heterocycles.